The zero-order chi connectivity index (χ0) is 32.8. The van der Waals surface area contributed by atoms with Crippen LogP contribution in [0.25, 0.3) is 49.1 Å². The summed E-state index contributed by atoms with van der Waals surface area (Å²) in [5.41, 5.74) is 14.1. The van der Waals surface area contributed by atoms with Gasteiger partial charge in [0.15, 0.2) is 6.20 Å². The standard InChI is InChI=1S/C43H49N2/c1-26(2)32-23-36(27(3)4)40(37(24-32)28(5)6)31-19-17-30(18-20-31)34-21-22-45(12)42(41(34)44-11)38-25-39(43(8,9)10)35-16-14-13-15-33(35)29(38)7/h13-28H,1-10,12H3/q+1. The fourth-order valence-corrected chi connectivity index (χ4v) is 6.79. The molecule has 45 heavy (non-hydrogen) atoms. The van der Waals surface area contributed by atoms with Crippen LogP contribution in [0.5, 0.6) is 0 Å². The van der Waals surface area contributed by atoms with Gasteiger partial charge in [0.05, 0.1) is 6.57 Å². The molecule has 0 saturated carbocycles. The molecule has 0 saturated heterocycles. The minimum absolute atomic E-state index is 0.0383. The summed E-state index contributed by atoms with van der Waals surface area (Å²) >= 11 is 0. The molecule has 5 aromatic rings. The predicted molar refractivity (Wildman–Crippen MR) is 193 cm³/mol. The third kappa shape index (κ3) is 5.94. The summed E-state index contributed by atoms with van der Waals surface area (Å²) in [6.45, 7) is 31.2. The Morgan fingerprint density at radius 1 is 0.689 bits per heavy atom. The largest absolute Gasteiger partial charge is 0.264 e. The number of pyridine rings is 1. The summed E-state index contributed by atoms with van der Waals surface area (Å²) in [5, 5.41) is 2.53. The molecule has 0 amide bonds. The van der Waals surface area contributed by atoms with Gasteiger partial charge in [0.1, 0.15) is 7.05 Å². The lowest BCUT2D eigenvalue weighted by atomic mass is 9.80. The summed E-state index contributed by atoms with van der Waals surface area (Å²) in [6, 6.07) is 26.9. The van der Waals surface area contributed by atoms with Crippen molar-refractivity contribution in [3.63, 3.8) is 0 Å². The Labute approximate surface area is 271 Å². The third-order valence-corrected chi connectivity index (χ3v) is 9.40. The molecule has 4 aromatic carbocycles. The topological polar surface area (TPSA) is 8.24 Å². The number of aromatic nitrogens is 1. The molecule has 1 aromatic heterocycles. The summed E-state index contributed by atoms with van der Waals surface area (Å²) in [7, 11) is 2.06. The maximum Gasteiger partial charge on any atom is 0.264 e. The second-order valence-electron chi connectivity index (χ2n) is 14.7. The van der Waals surface area contributed by atoms with E-state index >= 15 is 0 Å². The van der Waals surface area contributed by atoms with E-state index in [4.69, 9.17) is 6.57 Å². The number of aryl methyl sites for hydroxylation is 2. The van der Waals surface area contributed by atoms with Gasteiger partial charge in [0.25, 0.3) is 5.69 Å². The highest BCUT2D eigenvalue weighted by atomic mass is 14.9. The van der Waals surface area contributed by atoms with Gasteiger partial charge in [0.2, 0.25) is 5.69 Å². The first-order chi connectivity index (χ1) is 21.2. The van der Waals surface area contributed by atoms with Gasteiger partial charge in [0, 0.05) is 11.1 Å². The molecule has 0 unspecified atom stereocenters. The van der Waals surface area contributed by atoms with Gasteiger partial charge in [-0.25, -0.2) is 9.41 Å². The van der Waals surface area contributed by atoms with Gasteiger partial charge < -0.3 is 0 Å². The van der Waals surface area contributed by atoms with Crippen molar-refractivity contribution in [3.8, 4) is 33.5 Å². The lowest BCUT2D eigenvalue weighted by molar-refractivity contribution is -0.659. The highest BCUT2D eigenvalue weighted by molar-refractivity contribution is 5.97. The third-order valence-electron chi connectivity index (χ3n) is 9.40. The minimum Gasteiger partial charge on any atom is -0.230 e. The molecule has 0 atom stereocenters. The lowest BCUT2D eigenvalue weighted by Gasteiger charge is -2.24. The maximum atomic E-state index is 8.42. The van der Waals surface area contributed by atoms with E-state index < -0.39 is 0 Å². The zero-order valence-electron chi connectivity index (χ0n) is 29.1. The quantitative estimate of drug-likeness (QED) is 0.137. The molecule has 0 spiro atoms. The molecule has 5 rings (SSSR count). The normalized spacial score (nSPS) is 12.0. The van der Waals surface area contributed by atoms with E-state index in [1.807, 2.05) is 0 Å². The Morgan fingerprint density at radius 2 is 1.24 bits per heavy atom. The van der Waals surface area contributed by atoms with Crippen molar-refractivity contribution in [2.24, 2.45) is 7.05 Å². The molecule has 230 valence electrons. The van der Waals surface area contributed by atoms with E-state index in [-0.39, 0.29) is 5.41 Å². The van der Waals surface area contributed by atoms with Crippen molar-refractivity contribution in [2.45, 2.75) is 92.4 Å². The summed E-state index contributed by atoms with van der Waals surface area (Å²) in [4.78, 5) is 4.21. The van der Waals surface area contributed by atoms with Crippen molar-refractivity contribution in [1.29, 1.82) is 0 Å². The molecule has 0 aliphatic carbocycles. The first kappa shape index (κ1) is 32.2. The Hall–Kier alpha value is -4.22. The van der Waals surface area contributed by atoms with E-state index in [0.717, 1.165) is 22.4 Å². The van der Waals surface area contributed by atoms with E-state index in [1.54, 1.807) is 0 Å². The van der Waals surface area contributed by atoms with Crippen LogP contribution in [0.4, 0.5) is 5.69 Å². The second-order valence-corrected chi connectivity index (χ2v) is 14.7. The van der Waals surface area contributed by atoms with Crippen molar-refractivity contribution >= 4 is 16.5 Å². The fraction of sp³-hybridized carbons (Fsp3) is 0.349. The van der Waals surface area contributed by atoms with Crippen LogP contribution in [0.15, 0.2) is 79.0 Å². The predicted octanol–water partition coefficient (Wildman–Crippen LogP) is 12.2. The molecule has 1 heterocycles. The molecule has 0 N–H and O–H groups in total. The highest BCUT2D eigenvalue weighted by Gasteiger charge is 2.27. The molecule has 0 aliphatic rings. The Morgan fingerprint density at radius 3 is 1.76 bits per heavy atom. The van der Waals surface area contributed by atoms with E-state index in [1.165, 1.54) is 49.7 Å². The van der Waals surface area contributed by atoms with Crippen LogP contribution < -0.4 is 4.57 Å². The summed E-state index contributed by atoms with van der Waals surface area (Å²) < 4.78 is 2.12. The van der Waals surface area contributed by atoms with Crippen molar-refractivity contribution in [1.82, 2.24) is 0 Å². The molecular weight excluding hydrogens is 544 g/mol. The fourth-order valence-electron chi connectivity index (χ4n) is 6.79. The van der Waals surface area contributed by atoms with Gasteiger partial charge in [-0.2, -0.15) is 0 Å². The van der Waals surface area contributed by atoms with Crippen LogP contribution in [0.3, 0.4) is 0 Å². The number of nitrogens with zero attached hydrogens (tertiary/aromatic N) is 2. The van der Waals surface area contributed by atoms with Crippen LogP contribution in [0.1, 0.15) is 108 Å². The van der Waals surface area contributed by atoms with E-state index in [2.05, 4.69) is 165 Å². The van der Waals surface area contributed by atoms with Gasteiger partial charge in [-0.3, -0.25) is 0 Å². The maximum absolute atomic E-state index is 8.42. The first-order valence-electron chi connectivity index (χ1n) is 16.5. The van der Waals surface area contributed by atoms with Crippen molar-refractivity contribution in [2.75, 3.05) is 0 Å². The Bertz CT molecular complexity index is 1890. The van der Waals surface area contributed by atoms with Crippen LogP contribution in [-0.4, -0.2) is 0 Å². The molecule has 2 heteroatoms. The number of benzene rings is 4. The van der Waals surface area contributed by atoms with E-state index in [9.17, 15) is 0 Å². The monoisotopic (exact) mass is 593 g/mol. The summed E-state index contributed by atoms with van der Waals surface area (Å²) in [6.07, 6.45) is 2.11. The van der Waals surface area contributed by atoms with Crippen LogP contribution in [0.2, 0.25) is 0 Å². The molecule has 2 nitrogen and oxygen atoms in total. The smallest absolute Gasteiger partial charge is 0.230 e. The zero-order valence-corrected chi connectivity index (χ0v) is 29.1. The van der Waals surface area contributed by atoms with Crippen LogP contribution in [-0.2, 0) is 12.5 Å². The highest BCUT2D eigenvalue weighted by Crippen LogP contribution is 2.44. The van der Waals surface area contributed by atoms with Gasteiger partial charge in [-0.15, -0.1) is 0 Å². The molecule has 0 bridgehead atoms. The molecular formula is C43H49N2+. The van der Waals surface area contributed by atoms with Gasteiger partial charge >= 0.3 is 0 Å². The van der Waals surface area contributed by atoms with Crippen LogP contribution in [0, 0.1) is 13.5 Å². The second kappa shape index (κ2) is 12.3. The van der Waals surface area contributed by atoms with Gasteiger partial charge in [-0.1, -0.05) is 123 Å². The lowest BCUT2D eigenvalue weighted by Crippen LogP contribution is -2.31. The summed E-state index contributed by atoms with van der Waals surface area (Å²) in [5.74, 6) is 1.33. The number of fused-ring (bicyclic) bond motifs is 1. The number of rotatable bonds is 6. The Kier molecular flexibility index (Phi) is 8.79. The Balaban J connectivity index is 1.70. The minimum atomic E-state index is -0.0383. The van der Waals surface area contributed by atoms with E-state index in [0.29, 0.717) is 23.4 Å². The average molecular weight is 594 g/mol. The first-order valence-corrected chi connectivity index (χ1v) is 16.5. The SMILES string of the molecule is [C-]#[N+]c1c(-c2ccc(-c3c(C(C)C)cc(C(C)C)cc3C(C)C)cc2)cc[n+](C)c1-c1cc(C(C)(C)C)c2ccccc2c1C. The number of hydrogen-bond donors (Lipinski definition) is 0. The molecule has 0 fully saturated rings. The number of hydrogen-bond acceptors (Lipinski definition) is 0. The molecule has 0 radical (unpaired) electrons. The van der Waals surface area contributed by atoms with Crippen molar-refractivity contribution < 1.29 is 4.57 Å². The van der Waals surface area contributed by atoms with Gasteiger partial charge in [-0.05, 0) is 97.5 Å². The molecule has 0 aliphatic heterocycles. The van der Waals surface area contributed by atoms with Crippen LogP contribution >= 0.6 is 0 Å². The van der Waals surface area contributed by atoms with Crippen molar-refractivity contribution in [3.05, 3.63) is 118 Å². The average Bonchev–Trinajstić information content (AvgIpc) is 3.00.